The highest BCUT2D eigenvalue weighted by Crippen LogP contribution is 2.33. The van der Waals surface area contributed by atoms with Gasteiger partial charge in [-0.3, -0.25) is 4.79 Å². The smallest absolute Gasteiger partial charge is 0.226 e. The maximum atomic E-state index is 14.9. The SMILES string of the molecule is CCc1cc(C#N)cc(F)c1N(C)c1cc2c(ncn2C)c(NC(=O)CCC#N)n1. The maximum absolute atomic E-state index is 14.9. The van der Waals surface area contributed by atoms with Crippen LogP contribution in [-0.2, 0) is 18.3 Å². The van der Waals surface area contributed by atoms with E-state index < -0.39 is 5.82 Å². The zero-order valence-corrected chi connectivity index (χ0v) is 16.9. The van der Waals surface area contributed by atoms with Gasteiger partial charge in [-0.15, -0.1) is 0 Å². The van der Waals surface area contributed by atoms with Crippen molar-refractivity contribution < 1.29 is 9.18 Å². The summed E-state index contributed by atoms with van der Waals surface area (Å²) in [4.78, 5) is 22.5. The fourth-order valence-electron chi connectivity index (χ4n) is 3.22. The molecule has 152 valence electrons. The number of imidazole rings is 1. The summed E-state index contributed by atoms with van der Waals surface area (Å²) in [7, 11) is 3.48. The summed E-state index contributed by atoms with van der Waals surface area (Å²) in [6, 6.07) is 8.50. The number of hydrogen-bond acceptors (Lipinski definition) is 6. The Hall–Kier alpha value is -3.98. The number of amides is 1. The van der Waals surface area contributed by atoms with Gasteiger partial charge in [-0.05, 0) is 24.1 Å². The van der Waals surface area contributed by atoms with Crippen molar-refractivity contribution in [1.82, 2.24) is 14.5 Å². The molecule has 9 heteroatoms. The summed E-state index contributed by atoms with van der Waals surface area (Å²) in [6.07, 6.45) is 2.25. The van der Waals surface area contributed by atoms with Gasteiger partial charge in [0, 0.05) is 33.0 Å². The summed E-state index contributed by atoms with van der Waals surface area (Å²) in [6.45, 7) is 1.88. The highest BCUT2D eigenvalue weighted by atomic mass is 19.1. The van der Waals surface area contributed by atoms with Gasteiger partial charge in [0.2, 0.25) is 5.91 Å². The van der Waals surface area contributed by atoms with Crippen LogP contribution >= 0.6 is 0 Å². The summed E-state index contributed by atoms with van der Waals surface area (Å²) >= 11 is 0. The zero-order chi connectivity index (χ0) is 21.8. The minimum atomic E-state index is -0.528. The van der Waals surface area contributed by atoms with Crippen LogP contribution in [0.4, 0.5) is 21.7 Å². The Kier molecular flexibility index (Phi) is 5.93. The van der Waals surface area contributed by atoms with Gasteiger partial charge in [0.25, 0.3) is 0 Å². The van der Waals surface area contributed by atoms with E-state index in [1.807, 2.05) is 19.1 Å². The molecule has 2 aromatic heterocycles. The van der Waals surface area contributed by atoms with Crippen molar-refractivity contribution in [2.24, 2.45) is 7.05 Å². The molecular weight excluding hydrogens is 385 g/mol. The molecule has 0 saturated carbocycles. The van der Waals surface area contributed by atoms with Gasteiger partial charge in [0.05, 0.1) is 35.2 Å². The van der Waals surface area contributed by atoms with Crippen LogP contribution in [0.3, 0.4) is 0 Å². The van der Waals surface area contributed by atoms with Crippen LogP contribution in [0.2, 0.25) is 0 Å². The lowest BCUT2D eigenvalue weighted by Crippen LogP contribution is -2.18. The van der Waals surface area contributed by atoms with Crippen LogP contribution in [0.25, 0.3) is 11.0 Å². The molecule has 0 aliphatic carbocycles. The highest BCUT2D eigenvalue weighted by molar-refractivity contribution is 5.99. The molecule has 0 aliphatic rings. The third-order valence-electron chi connectivity index (χ3n) is 4.75. The number of hydrogen-bond donors (Lipinski definition) is 1. The van der Waals surface area contributed by atoms with Gasteiger partial charge < -0.3 is 14.8 Å². The van der Waals surface area contributed by atoms with Crippen LogP contribution in [0.1, 0.15) is 30.9 Å². The first-order valence-corrected chi connectivity index (χ1v) is 9.34. The Morgan fingerprint density at radius 2 is 2.10 bits per heavy atom. The van der Waals surface area contributed by atoms with Gasteiger partial charge in [0.1, 0.15) is 17.2 Å². The van der Waals surface area contributed by atoms with E-state index in [2.05, 4.69) is 15.3 Å². The molecule has 0 aliphatic heterocycles. The van der Waals surface area contributed by atoms with E-state index in [4.69, 9.17) is 10.5 Å². The van der Waals surface area contributed by atoms with E-state index in [-0.39, 0.29) is 30.1 Å². The van der Waals surface area contributed by atoms with Crippen molar-refractivity contribution in [2.45, 2.75) is 26.2 Å². The number of nitriles is 2. The number of aryl methyl sites for hydroxylation is 2. The maximum Gasteiger partial charge on any atom is 0.226 e. The van der Waals surface area contributed by atoms with Crippen molar-refractivity contribution in [3.05, 3.63) is 41.5 Å². The van der Waals surface area contributed by atoms with Crippen molar-refractivity contribution in [3.63, 3.8) is 0 Å². The number of carbonyl (C=O) groups is 1. The fourth-order valence-corrected chi connectivity index (χ4v) is 3.22. The highest BCUT2D eigenvalue weighted by Gasteiger charge is 2.20. The van der Waals surface area contributed by atoms with E-state index in [1.165, 1.54) is 6.07 Å². The average molecular weight is 405 g/mol. The number of aromatic nitrogens is 3. The number of halogens is 1. The molecule has 0 bridgehead atoms. The summed E-state index contributed by atoms with van der Waals surface area (Å²) in [5.74, 6) is -0.237. The zero-order valence-electron chi connectivity index (χ0n) is 16.9. The van der Waals surface area contributed by atoms with Crippen LogP contribution in [0, 0.1) is 28.5 Å². The molecule has 1 amide bonds. The monoisotopic (exact) mass is 405 g/mol. The molecule has 0 radical (unpaired) electrons. The van der Waals surface area contributed by atoms with Crippen LogP contribution in [-0.4, -0.2) is 27.5 Å². The standard InChI is InChI=1S/C21H20FN7O/c1-4-14-8-13(11-24)9-15(22)20(14)29(3)17-10-16-19(25-12-28(16)2)21(26-17)27-18(30)6-5-7-23/h8-10,12H,4-6H2,1-3H3,(H,26,27,30). The van der Waals surface area contributed by atoms with E-state index in [9.17, 15) is 9.18 Å². The Labute approximate surface area is 173 Å². The second-order valence-electron chi connectivity index (χ2n) is 6.75. The minimum Gasteiger partial charge on any atom is -0.334 e. The molecule has 0 saturated heterocycles. The molecule has 0 spiro atoms. The van der Waals surface area contributed by atoms with Gasteiger partial charge in [0.15, 0.2) is 5.82 Å². The quantitative estimate of drug-likeness (QED) is 0.671. The summed E-state index contributed by atoms with van der Waals surface area (Å²) < 4.78 is 16.6. The van der Waals surface area contributed by atoms with Crippen molar-refractivity contribution >= 4 is 34.3 Å². The molecule has 1 N–H and O–H groups in total. The first kappa shape index (κ1) is 20.7. The summed E-state index contributed by atoms with van der Waals surface area (Å²) in [5.41, 5.74) is 2.43. The molecule has 0 unspecified atom stereocenters. The number of nitrogens with zero attached hydrogens (tertiary/aromatic N) is 6. The molecule has 1 aromatic carbocycles. The number of nitrogens with one attached hydrogen (secondary N) is 1. The van der Waals surface area contributed by atoms with Gasteiger partial charge in [-0.1, -0.05) is 6.92 Å². The van der Waals surface area contributed by atoms with Gasteiger partial charge in [-0.2, -0.15) is 10.5 Å². The molecule has 30 heavy (non-hydrogen) atoms. The van der Waals surface area contributed by atoms with E-state index in [0.29, 0.717) is 34.5 Å². The second kappa shape index (κ2) is 8.58. The largest absolute Gasteiger partial charge is 0.334 e. The lowest BCUT2D eigenvalue weighted by Gasteiger charge is -2.23. The first-order chi connectivity index (χ1) is 14.4. The topological polar surface area (TPSA) is 111 Å². The number of fused-ring (bicyclic) bond motifs is 1. The van der Waals surface area contributed by atoms with E-state index in [1.54, 1.807) is 42.0 Å². The van der Waals surface area contributed by atoms with Crippen LogP contribution in [0.5, 0.6) is 0 Å². The third-order valence-corrected chi connectivity index (χ3v) is 4.75. The fraction of sp³-hybridized carbons (Fsp3) is 0.286. The summed E-state index contributed by atoms with van der Waals surface area (Å²) in [5, 5.41) is 20.5. The number of rotatable bonds is 6. The molecule has 2 heterocycles. The molecular formula is C21H20FN7O. The molecule has 0 atom stereocenters. The number of benzene rings is 1. The molecule has 0 fully saturated rings. The normalized spacial score (nSPS) is 10.5. The predicted octanol–water partition coefficient (Wildman–Crippen LogP) is 3.55. The lowest BCUT2D eigenvalue weighted by molar-refractivity contribution is -0.116. The first-order valence-electron chi connectivity index (χ1n) is 9.34. The van der Waals surface area contributed by atoms with Crippen molar-refractivity contribution in [1.29, 1.82) is 10.5 Å². The molecule has 8 nitrogen and oxygen atoms in total. The predicted molar refractivity (Wildman–Crippen MR) is 111 cm³/mol. The van der Waals surface area contributed by atoms with Crippen molar-refractivity contribution in [2.75, 3.05) is 17.3 Å². The Balaban J connectivity index is 2.11. The lowest BCUT2D eigenvalue weighted by atomic mass is 10.1. The third kappa shape index (κ3) is 3.91. The Bertz CT molecular complexity index is 1200. The number of pyridine rings is 1. The Morgan fingerprint density at radius 3 is 2.77 bits per heavy atom. The number of anilines is 3. The van der Waals surface area contributed by atoms with Gasteiger partial charge in [-0.25, -0.2) is 14.4 Å². The van der Waals surface area contributed by atoms with E-state index in [0.717, 1.165) is 0 Å². The van der Waals surface area contributed by atoms with E-state index >= 15 is 0 Å². The van der Waals surface area contributed by atoms with Crippen molar-refractivity contribution in [3.8, 4) is 12.1 Å². The Morgan fingerprint density at radius 1 is 1.33 bits per heavy atom. The second-order valence-corrected chi connectivity index (χ2v) is 6.75. The van der Waals surface area contributed by atoms with Crippen LogP contribution in [0.15, 0.2) is 24.5 Å². The van der Waals surface area contributed by atoms with Gasteiger partial charge >= 0.3 is 0 Å². The van der Waals surface area contributed by atoms with Crippen LogP contribution < -0.4 is 10.2 Å². The average Bonchev–Trinajstić information content (AvgIpc) is 3.12. The molecule has 3 aromatic rings. The molecule has 3 rings (SSSR count). The minimum absolute atomic E-state index is 0.0385. The number of carbonyl (C=O) groups excluding carboxylic acids is 1.